The summed E-state index contributed by atoms with van der Waals surface area (Å²) in [6, 6.07) is 0.233. The summed E-state index contributed by atoms with van der Waals surface area (Å²) in [5.41, 5.74) is 0.484. The van der Waals surface area contributed by atoms with Gasteiger partial charge < -0.3 is 15.4 Å². The van der Waals surface area contributed by atoms with E-state index in [0.717, 1.165) is 18.8 Å². The number of likely N-dealkylation sites (tertiary alicyclic amines) is 1. The Bertz CT molecular complexity index is 404. The van der Waals surface area contributed by atoms with Gasteiger partial charge in [0.25, 0.3) is 5.91 Å². The molecule has 0 aliphatic carbocycles. The molecule has 1 aromatic rings. The van der Waals surface area contributed by atoms with Crippen LogP contribution in [0.2, 0.25) is 0 Å². The number of aromatic amines is 1. The van der Waals surface area contributed by atoms with E-state index in [2.05, 4.69) is 20.2 Å². The van der Waals surface area contributed by atoms with Gasteiger partial charge in [0.1, 0.15) is 11.5 Å². The maximum absolute atomic E-state index is 11.9. The first-order valence-corrected chi connectivity index (χ1v) is 5.73. The molecule has 0 aromatic carbocycles. The molecule has 2 rings (SSSR count). The number of aliphatic hydroxyl groups excluding tert-OH is 1. The predicted octanol–water partition coefficient (Wildman–Crippen LogP) is -0.487. The Balaban J connectivity index is 1.92. The van der Waals surface area contributed by atoms with E-state index in [0.29, 0.717) is 5.69 Å². The number of aromatic nitrogens is 2. The van der Waals surface area contributed by atoms with Crippen LogP contribution in [0.25, 0.3) is 0 Å². The second kappa shape index (κ2) is 4.85. The minimum Gasteiger partial charge on any atom is -0.395 e. The summed E-state index contributed by atoms with van der Waals surface area (Å²) < 4.78 is 0. The van der Waals surface area contributed by atoms with Crippen LogP contribution in [0.3, 0.4) is 0 Å². The van der Waals surface area contributed by atoms with Gasteiger partial charge in [-0.2, -0.15) is 0 Å². The fraction of sp³-hybridized carbons (Fsp3) is 0.636. The van der Waals surface area contributed by atoms with Crippen molar-refractivity contribution >= 4 is 5.91 Å². The highest BCUT2D eigenvalue weighted by Gasteiger charge is 2.30. The number of hydrogen-bond acceptors (Lipinski definition) is 4. The molecule has 0 bridgehead atoms. The molecule has 0 spiro atoms. The summed E-state index contributed by atoms with van der Waals surface area (Å²) in [6.45, 7) is 2.71. The van der Waals surface area contributed by atoms with Crippen molar-refractivity contribution in [1.82, 2.24) is 20.2 Å². The first-order valence-electron chi connectivity index (χ1n) is 5.73. The number of carbonyl (C=O) groups excluding carboxylic acids is 1. The second-order valence-electron chi connectivity index (χ2n) is 4.56. The first-order chi connectivity index (χ1) is 8.10. The van der Waals surface area contributed by atoms with E-state index in [9.17, 15) is 4.79 Å². The van der Waals surface area contributed by atoms with E-state index in [1.54, 1.807) is 0 Å². The van der Waals surface area contributed by atoms with Crippen molar-refractivity contribution in [2.75, 3.05) is 20.2 Å². The van der Waals surface area contributed by atoms with E-state index >= 15 is 0 Å². The molecule has 2 heterocycles. The average Bonchev–Trinajstić information content (AvgIpc) is 2.85. The molecule has 1 saturated heterocycles. The van der Waals surface area contributed by atoms with Crippen LogP contribution in [0.5, 0.6) is 0 Å². The van der Waals surface area contributed by atoms with Crippen LogP contribution < -0.4 is 5.32 Å². The van der Waals surface area contributed by atoms with E-state index in [1.165, 1.54) is 6.20 Å². The lowest BCUT2D eigenvalue weighted by molar-refractivity contribution is 0.0933. The number of H-pyrrole nitrogens is 1. The van der Waals surface area contributed by atoms with Gasteiger partial charge in [0.15, 0.2) is 0 Å². The summed E-state index contributed by atoms with van der Waals surface area (Å²) >= 11 is 0. The summed E-state index contributed by atoms with van der Waals surface area (Å²) in [5.74, 6) is 0.592. The summed E-state index contributed by atoms with van der Waals surface area (Å²) in [5, 5.41) is 12.1. The van der Waals surface area contributed by atoms with Crippen molar-refractivity contribution in [2.24, 2.45) is 0 Å². The normalized spacial score (nSPS) is 25.1. The third-order valence-corrected chi connectivity index (χ3v) is 3.18. The molecule has 1 aliphatic heterocycles. The maximum atomic E-state index is 11.9. The lowest BCUT2D eigenvalue weighted by Crippen LogP contribution is -2.36. The largest absolute Gasteiger partial charge is 0.395 e. The van der Waals surface area contributed by atoms with Crippen molar-refractivity contribution in [3.8, 4) is 0 Å². The Labute approximate surface area is 100 Å². The van der Waals surface area contributed by atoms with Gasteiger partial charge in [-0.3, -0.25) is 9.69 Å². The van der Waals surface area contributed by atoms with Crippen LogP contribution in [-0.2, 0) is 0 Å². The van der Waals surface area contributed by atoms with E-state index in [1.807, 2.05) is 14.0 Å². The number of nitrogens with zero attached hydrogens (tertiary/aromatic N) is 2. The van der Waals surface area contributed by atoms with Crippen molar-refractivity contribution in [2.45, 2.75) is 25.4 Å². The zero-order chi connectivity index (χ0) is 12.4. The van der Waals surface area contributed by atoms with Gasteiger partial charge in [-0.1, -0.05) is 0 Å². The van der Waals surface area contributed by atoms with Gasteiger partial charge >= 0.3 is 0 Å². The smallest absolute Gasteiger partial charge is 0.269 e. The standard InChI is InChI=1S/C11H18N4O2/c1-7-12-4-10(13-7)11(17)14-8-3-9(6-16)15(2)5-8/h4,8-9,16H,3,5-6H2,1-2H3,(H,12,13)(H,14,17)/t8-,9+/m1/s1. The molecule has 1 aromatic heterocycles. The van der Waals surface area contributed by atoms with Gasteiger partial charge in [-0.15, -0.1) is 0 Å². The molecule has 6 nitrogen and oxygen atoms in total. The van der Waals surface area contributed by atoms with Crippen molar-refractivity contribution in [1.29, 1.82) is 0 Å². The molecular formula is C11H18N4O2. The van der Waals surface area contributed by atoms with E-state index in [-0.39, 0.29) is 24.6 Å². The zero-order valence-electron chi connectivity index (χ0n) is 10.1. The molecule has 0 unspecified atom stereocenters. The Kier molecular flexibility index (Phi) is 3.44. The molecule has 2 atom stereocenters. The molecular weight excluding hydrogens is 220 g/mol. The lowest BCUT2D eigenvalue weighted by atomic mass is 10.2. The minimum absolute atomic E-state index is 0.0910. The first kappa shape index (κ1) is 12.1. The minimum atomic E-state index is -0.136. The summed E-state index contributed by atoms with van der Waals surface area (Å²) in [7, 11) is 1.95. The summed E-state index contributed by atoms with van der Waals surface area (Å²) in [6.07, 6.45) is 2.32. The number of aliphatic hydroxyl groups is 1. The number of carbonyl (C=O) groups is 1. The van der Waals surface area contributed by atoms with E-state index < -0.39 is 0 Å². The third-order valence-electron chi connectivity index (χ3n) is 3.18. The molecule has 0 radical (unpaired) electrons. The number of nitrogens with one attached hydrogen (secondary N) is 2. The topological polar surface area (TPSA) is 81.2 Å². The number of hydrogen-bond donors (Lipinski definition) is 3. The quantitative estimate of drug-likeness (QED) is 0.664. The van der Waals surface area contributed by atoms with E-state index in [4.69, 9.17) is 5.11 Å². The van der Waals surface area contributed by atoms with Gasteiger partial charge in [-0.05, 0) is 20.4 Å². The third kappa shape index (κ3) is 2.65. The molecule has 3 N–H and O–H groups in total. The Morgan fingerprint density at radius 1 is 1.76 bits per heavy atom. The molecule has 17 heavy (non-hydrogen) atoms. The van der Waals surface area contributed by atoms with Gasteiger partial charge in [0.05, 0.1) is 12.8 Å². The fourth-order valence-corrected chi connectivity index (χ4v) is 2.20. The van der Waals surface area contributed by atoms with Crippen LogP contribution in [0.4, 0.5) is 0 Å². The van der Waals surface area contributed by atoms with Crippen LogP contribution in [0.15, 0.2) is 6.20 Å². The molecule has 1 amide bonds. The van der Waals surface area contributed by atoms with Gasteiger partial charge in [-0.25, -0.2) is 4.98 Å². The van der Waals surface area contributed by atoms with Gasteiger partial charge in [0, 0.05) is 18.6 Å². The lowest BCUT2D eigenvalue weighted by Gasteiger charge is -2.15. The van der Waals surface area contributed by atoms with Crippen molar-refractivity contribution < 1.29 is 9.90 Å². The molecule has 6 heteroatoms. The van der Waals surface area contributed by atoms with Crippen LogP contribution in [-0.4, -0.2) is 58.2 Å². The Morgan fingerprint density at radius 3 is 3.06 bits per heavy atom. The number of rotatable bonds is 3. The number of amides is 1. The Morgan fingerprint density at radius 2 is 2.53 bits per heavy atom. The molecule has 94 valence electrons. The SMILES string of the molecule is Cc1ncc(C(=O)N[C@@H]2C[C@@H](CO)N(C)C2)[nH]1. The van der Waals surface area contributed by atoms with Crippen LogP contribution in [0, 0.1) is 6.92 Å². The van der Waals surface area contributed by atoms with Crippen molar-refractivity contribution in [3.63, 3.8) is 0 Å². The van der Waals surface area contributed by atoms with Crippen LogP contribution >= 0.6 is 0 Å². The number of imidazole rings is 1. The molecule has 0 saturated carbocycles. The summed E-state index contributed by atoms with van der Waals surface area (Å²) in [4.78, 5) is 20.8. The van der Waals surface area contributed by atoms with Gasteiger partial charge in [0.2, 0.25) is 0 Å². The predicted molar refractivity (Wildman–Crippen MR) is 62.7 cm³/mol. The highest BCUT2D eigenvalue weighted by atomic mass is 16.3. The monoisotopic (exact) mass is 238 g/mol. The Hall–Kier alpha value is -1.40. The molecule has 1 fully saturated rings. The maximum Gasteiger partial charge on any atom is 0.269 e. The average molecular weight is 238 g/mol. The molecule has 1 aliphatic rings. The number of likely N-dealkylation sites (N-methyl/N-ethyl adjacent to an activating group) is 1. The highest BCUT2D eigenvalue weighted by Crippen LogP contribution is 2.15. The second-order valence-corrected chi connectivity index (χ2v) is 4.56. The highest BCUT2D eigenvalue weighted by molar-refractivity contribution is 5.92. The van der Waals surface area contributed by atoms with Crippen molar-refractivity contribution in [3.05, 3.63) is 17.7 Å². The fourth-order valence-electron chi connectivity index (χ4n) is 2.20. The van der Waals surface area contributed by atoms with Crippen LogP contribution in [0.1, 0.15) is 22.7 Å². The number of aryl methyl sites for hydroxylation is 1. The zero-order valence-corrected chi connectivity index (χ0v) is 10.1.